The zero-order chi connectivity index (χ0) is 15.4. The van der Waals surface area contributed by atoms with Gasteiger partial charge in [0, 0.05) is 45.8 Å². The standard InChI is InChI=1S/C15H25N5O2.HI/c1-16-15(17-8-14-11-21-5-6-22-14)20-4-3-12(10-20)13-7-18-19(2)9-13;/h7,9,12,14H,3-6,8,10-11H2,1-2H3,(H,16,17);1H. The molecule has 1 aromatic rings. The molecule has 3 heterocycles. The molecule has 7 nitrogen and oxygen atoms in total. The number of nitrogens with one attached hydrogen (secondary N) is 1. The van der Waals surface area contributed by atoms with Gasteiger partial charge in [-0.05, 0) is 12.0 Å². The molecule has 2 atom stereocenters. The van der Waals surface area contributed by atoms with Crippen LogP contribution < -0.4 is 5.32 Å². The quantitative estimate of drug-likeness (QED) is 0.433. The zero-order valence-corrected chi connectivity index (χ0v) is 16.1. The normalized spacial score (nSPS) is 25.3. The van der Waals surface area contributed by atoms with Crippen LogP contribution in [0.15, 0.2) is 17.4 Å². The Labute approximate surface area is 154 Å². The van der Waals surface area contributed by atoms with Gasteiger partial charge < -0.3 is 19.7 Å². The van der Waals surface area contributed by atoms with Crippen LogP contribution in [-0.4, -0.2) is 73.2 Å². The third kappa shape index (κ3) is 4.80. The minimum Gasteiger partial charge on any atom is -0.376 e. The van der Waals surface area contributed by atoms with E-state index in [2.05, 4.69) is 26.5 Å². The molecule has 2 aliphatic heterocycles. The lowest BCUT2D eigenvalue weighted by molar-refractivity contribution is -0.0851. The highest BCUT2D eigenvalue weighted by Gasteiger charge is 2.27. The Bertz CT molecular complexity index is 516. The molecule has 0 bridgehead atoms. The number of aliphatic imine (C=N–C) groups is 1. The van der Waals surface area contributed by atoms with E-state index in [0.29, 0.717) is 25.7 Å². The van der Waals surface area contributed by atoms with Crippen molar-refractivity contribution < 1.29 is 9.47 Å². The second kappa shape index (κ2) is 8.84. The van der Waals surface area contributed by atoms with Crippen molar-refractivity contribution in [1.29, 1.82) is 0 Å². The fourth-order valence-electron chi connectivity index (χ4n) is 3.07. The van der Waals surface area contributed by atoms with E-state index in [0.717, 1.165) is 32.0 Å². The van der Waals surface area contributed by atoms with Gasteiger partial charge >= 0.3 is 0 Å². The van der Waals surface area contributed by atoms with E-state index in [9.17, 15) is 0 Å². The summed E-state index contributed by atoms with van der Waals surface area (Å²) in [6.07, 6.45) is 5.33. The van der Waals surface area contributed by atoms with Gasteiger partial charge in [0.15, 0.2) is 5.96 Å². The van der Waals surface area contributed by atoms with Crippen LogP contribution in [0.5, 0.6) is 0 Å². The van der Waals surface area contributed by atoms with Gasteiger partial charge in [0.1, 0.15) is 0 Å². The lowest BCUT2D eigenvalue weighted by Gasteiger charge is -2.26. The number of rotatable bonds is 3. The van der Waals surface area contributed by atoms with Gasteiger partial charge in [0.25, 0.3) is 0 Å². The molecule has 23 heavy (non-hydrogen) atoms. The minimum absolute atomic E-state index is 0. The van der Waals surface area contributed by atoms with E-state index in [1.165, 1.54) is 5.56 Å². The summed E-state index contributed by atoms with van der Waals surface area (Å²) in [6.45, 7) is 4.76. The Kier molecular flexibility index (Phi) is 7.09. The fraction of sp³-hybridized carbons (Fsp3) is 0.733. The summed E-state index contributed by atoms with van der Waals surface area (Å²) in [5, 5.41) is 7.68. The lowest BCUT2D eigenvalue weighted by Crippen LogP contribution is -2.45. The Balaban J connectivity index is 0.00000192. The number of hydrogen-bond acceptors (Lipinski definition) is 4. The maximum atomic E-state index is 5.66. The Morgan fingerprint density at radius 3 is 3.00 bits per heavy atom. The van der Waals surface area contributed by atoms with Gasteiger partial charge in [0.05, 0.1) is 32.1 Å². The number of likely N-dealkylation sites (tertiary alicyclic amines) is 1. The number of aromatic nitrogens is 2. The molecule has 1 N–H and O–H groups in total. The molecule has 2 aliphatic rings. The van der Waals surface area contributed by atoms with Crippen molar-refractivity contribution in [3.8, 4) is 0 Å². The lowest BCUT2D eigenvalue weighted by atomic mass is 10.0. The molecule has 130 valence electrons. The summed E-state index contributed by atoms with van der Waals surface area (Å²) in [5.74, 6) is 1.47. The Hall–Kier alpha value is -0.870. The number of hydrogen-bond donors (Lipinski definition) is 1. The first-order chi connectivity index (χ1) is 10.8. The molecule has 2 saturated heterocycles. The second-order valence-corrected chi connectivity index (χ2v) is 5.87. The van der Waals surface area contributed by atoms with Gasteiger partial charge in [-0.3, -0.25) is 9.67 Å². The number of aryl methyl sites for hydroxylation is 1. The van der Waals surface area contributed by atoms with E-state index >= 15 is 0 Å². The maximum absolute atomic E-state index is 5.66. The summed E-state index contributed by atoms with van der Waals surface area (Å²) < 4.78 is 12.9. The number of guanidine groups is 1. The molecule has 0 saturated carbocycles. The van der Waals surface area contributed by atoms with Crippen LogP contribution in [0.4, 0.5) is 0 Å². The summed E-state index contributed by atoms with van der Waals surface area (Å²) in [4.78, 5) is 6.71. The van der Waals surface area contributed by atoms with E-state index in [1.54, 1.807) is 0 Å². The average molecular weight is 435 g/mol. The molecule has 0 aliphatic carbocycles. The van der Waals surface area contributed by atoms with E-state index in [1.807, 2.05) is 25.0 Å². The molecular weight excluding hydrogens is 409 g/mol. The molecule has 0 radical (unpaired) electrons. The van der Waals surface area contributed by atoms with Gasteiger partial charge in [-0.2, -0.15) is 5.10 Å². The molecule has 8 heteroatoms. The van der Waals surface area contributed by atoms with Crippen molar-refractivity contribution in [2.24, 2.45) is 12.0 Å². The zero-order valence-electron chi connectivity index (χ0n) is 13.8. The van der Waals surface area contributed by atoms with Crippen LogP contribution >= 0.6 is 24.0 Å². The topological polar surface area (TPSA) is 63.9 Å². The van der Waals surface area contributed by atoms with Crippen LogP contribution in [0, 0.1) is 0 Å². The molecule has 3 rings (SSSR count). The molecule has 0 spiro atoms. The molecule has 0 aromatic carbocycles. The van der Waals surface area contributed by atoms with Crippen LogP contribution in [-0.2, 0) is 16.5 Å². The van der Waals surface area contributed by atoms with Crippen LogP contribution in [0.2, 0.25) is 0 Å². The Morgan fingerprint density at radius 1 is 1.48 bits per heavy atom. The largest absolute Gasteiger partial charge is 0.376 e. The van der Waals surface area contributed by atoms with Crippen LogP contribution in [0.25, 0.3) is 0 Å². The van der Waals surface area contributed by atoms with Gasteiger partial charge in [-0.1, -0.05) is 0 Å². The minimum atomic E-state index is 0. The summed E-state index contributed by atoms with van der Waals surface area (Å²) in [5.41, 5.74) is 1.31. The maximum Gasteiger partial charge on any atom is 0.193 e. The summed E-state index contributed by atoms with van der Waals surface area (Å²) in [7, 11) is 3.79. The first kappa shape index (κ1) is 18.5. The van der Waals surface area contributed by atoms with Crippen molar-refractivity contribution in [1.82, 2.24) is 20.0 Å². The average Bonchev–Trinajstić information content (AvgIpc) is 3.18. The van der Waals surface area contributed by atoms with Crippen molar-refractivity contribution in [2.45, 2.75) is 18.4 Å². The summed E-state index contributed by atoms with van der Waals surface area (Å²) >= 11 is 0. The molecule has 0 amide bonds. The first-order valence-electron chi connectivity index (χ1n) is 7.89. The highest BCUT2D eigenvalue weighted by molar-refractivity contribution is 14.0. The molecule has 1 aromatic heterocycles. The van der Waals surface area contributed by atoms with Gasteiger partial charge in [-0.15, -0.1) is 24.0 Å². The van der Waals surface area contributed by atoms with Crippen LogP contribution in [0.3, 0.4) is 0 Å². The number of ether oxygens (including phenoxy) is 2. The van der Waals surface area contributed by atoms with E-state index < -0.39 is 0 Å². The highest BCUT2D eigenvalue weighted by atomic mass is 127. The third-order valence-electron chi connectivity index (χ3n) is 4.27. The van der Waals surface area contributed by atoms with Gasteiger partial charge in [0.2, 0.25) is 0 Å². The molecule has 2 fully saturated rings. The predicted octanol–water partition coefficient (Wildman–Crippen LogP) is 0.818. The van der Waals surface area contributed by atoms with Crippen molar-refractivity contribution in [3.63, 3.8) is 0 Å². The predicted molar refractivity (Wildman–Crippen MR) is 99.5 cm³/mol. The number of nitrogens with zero attached hydrogens (tertiary/aromatic N) is 4. The third-order valence-corrected chi connectivity index (χ3v) is 4.27. The SMILES string of the molecule is CN=C(NCC1COCCO1)N1CCC(c2cnn(C)c2)C1.I. The smallest absolute Gasteiger partial charge is 0.193 e. The number of halogens is 1. The van der Waals surface area contributed by atoms with E-state index in [4.69, 9.17) is 9.47 Å². The monoisotopic (exact) mass is 435 g/mol. The molecule has 2 unspecified atom stereocenters. The van der Waals surface area contributed by atoms with Crippen molar-refractivity contribution in [3.05, 3.63) is 18.0 Å². The van der Waals surface area contributed by atoms with Crippen molar-refractivity contribution >= 4 is 29.9 Å². The first-order valence-corrected chi connectivity index (χ1v) is 7.89. The van der Waals surface area contributed by atoms with Gasteiger partial charge in [-0.25, -0.2) is 0 Å². The molecular formula is C15H26IN5O2. The van der Waals surface area contributed by atoms with Crippen molar-refractivity contribution in [2.75, 3.05) is 46.5 Å². The second-order valence-electron chi connectivity index (χ2n) is 5.87. The fourth-order valence-corrected chi connectivity index (χ4v) is 3.07. The summed E-state index contributed by atoms with van der Waals surface area (Å²) in [6, 6.07) is 0. The highest BCUT2D eigenvalue weighted by Crippen LogP contribution is 2.26. The Morgan fingerprint density at radius 2 is 2.35 bits per heavy atom. The van der Waals surface area contributed by atoms with Crippen LogP contribution in [0.1, 0.15) is 17.9 Å². The van der Waals surface area contributed by atoms with E-state index in [-0.39, 0.29) is 30.1 Å².